The highest BCUT2D eigenvalue weighted by Crippen LogP contribution is 2.69. The first kappa shape index (κ1) is 15.1. The third-order valence-electron chi connectivity index (χ3n) is 6.07. The van der Waals surface area contributed by atoms with E-state index >= 15 is 0 Å². The van der Waals surface area contributed by atoms with Crippen LogP contribution in [0.3, 0.4) is 0 Å². The van der Waals surface area contributed by atoms with Gasteiger partial charge in [0.2, 0.25) is 5.91 Å². The van der Waals surface area contributed by atoms with Crippen LogP contribution < -0.4 is 0 Å². The lowest BCUT2D eigenvalue weighted by atomic mass is 9.89. The van der Waals surface area contributed by atoms with Gasteiger partial charge in [-0.3, -0.25) is 9.59 Å². The minimum atomic E-state index is -0.862. The average Bonchev–Trinajstić information content (AvgIpc) is 2.86. The number of carboxylic acid groups (broad SMARTS) is 1. The fourth-order valence-electron chi connectivity index (χ4n) is 3.98. The Hall–Kier alpha value is -1.84. The highest BCUT2D eigenvalue weighted by atomic mass is 16.4. The van der Waals surface area contributed by atoms with Gasteiger partial charge in [0.15, 0.2) is 0 Å². The van der Waals surface area contributed by atoms with E-state index < -0.39 is 11.9 Å². The van der Waals surface area contributed by atoms with E-state index in [-0.39, 0.29) is 29.2 Å². The minimum Gasteiger partial charge on any atom is -0.481 e. The van der Waals surface area contributed by atoms with E-state index in [1.807, 2.05) is 24.3 Å². The first-order valence-corrected chi connectivity index (χ1v) is 7.77. The topological polar surface area (TPSA) is 57.6 Å². The van der Waals surface area contributed by atoms with Crippen LogP contribution in [0.5, 0.6) is 0 Å². The SMILES string of the molecule is CC1(C)C(C(=O)N2Cc3ccccc3C(C(=O)O)C2)C1(C)C. The summed E-state index contributed by atoms with van der Waals surface area (Å²) < 4.78 is 0. The summed E-state index contributed by atoms with van der Waals surface area (Å²) >= 11 is 0. The number of nitrogens with zero attached hydrogens (tertiary/aromatic N) is 1. The molecule has 4 nitrogen and oxygen atoms in total. The predicted molar refractivity (Wildman–Crippen MR) is 83.3 cm³/mol. The lowest BCUT2D eigenvalue weighted by Crippen LogP contribution is -2.42. The summed E-state index contributed by atoms with van der Waals surface area (Å²) in [6.45, 7) is 9.24. The van der Waals surface area contributed by atoms with Gasteiger partial charge >= 0.3 is 5.97 Å². The van der Waals surface area contributed by atoms with E-state index in [1.165, 1.54) is 0 Å². The molecule has 0 saturated heterocycles. The van der Waals surface area contributed by atoms with Crippen molar-refractivity contribution in [1.82, 2.24) is 4.90 Å². The summed E-state index contributed by atoms with van der Waals surface area (Å²) in [5.74, 6) is -1.42. The molecule has 1 N–H and O–H groups in total. The van der Waals surface area contributed by atoms with E-state index in [4.69, 9.17) is 0 Å². The third-order valence-corrected chi connectivity index (χ3v) is 6.07. The zero-order valence-electron chi connectivity index (χ0n) is 13.6. The Morgan fingerprint density at radius 3 is 2.27 bits per heavy atom. The molecular weight excluding hydrogens is 278 g/mol. The molecule has 2 aliphatic rings. The molecule has 1 unspecified atom stereocenters. The molecule has 0 bridgehead atoms. The lowest BCUT2D eigenvalue weighted by molar-refractivity contribution is -0.142. The van der Waals surface area contributed by atoms with Crippen LogP contribution in [0.4, 0.5) is 0 Å². The molecule has 0 aromatic heterocycles. The molecule has 1 saturated carbocycles. The Morgan fingerprint density at radius 1 is 1.14 bits per heavy atom. The first-order valence-electron chi connectivity index (χ1n) is 7.77. The Bertz CT molecular complexity index is 633. The summed E-state index contributed by atoms with van der Waals surface area (Å²) in [4.78, 5) is 26.2. The third kappa shape index (κ3) is 1.97. The Balaban J connectivity index is 1.89. The second-order valence-electron chi connectivity index (χ2n) is 7.68. The van der Waals surface area contributed by atoms with E-state index in [0.29, 0.717) is 6.54 Å². The predicted octanol–water partition coefficient (Wildman–Crippen LogP) is 2.88. The molecule has 118 valence electrons. The quantitative estimate of drug-likeness (QED) is 0.914. The van der Waals surface area contributed by atoms with Gasteiger partial charge in [-0.25, -0.2) is 0 Å². The molecule has 22 heavy (non-hydrogen) atoms. The molecule has 3 rings (SSSR count). The van der Waals surface area contributed by atoms with Gasteiger partial charge in [-0.1, -0.05) is 52.0 Å². The number of rotatable bonds is 2. The number of carboxylic acids is 1. The van der Waals surface area contributed by atoms with E-state index in [9.17, 15) is 14.7 Å². The summed E-state index contributed by atoms with van der Waals surface area (Å²) in [6.07, 6.45) is 0. The molecule has 1 heterocycles. The lowest BCUT2D eigenvalue weighted by Gasteiger charge is -2.33. The number of carbonyl (C=O) groups is 2. The smallest absolute Gasteiger partial charge is 0.312 e. The number of amides is 1. The number of aliphatic carboxylic acids is 1. The maximum atomic E-state index is 12.9. The second kappa shape index (κ2) is 4.58. The van der Waals surface area contributed by atoms with Crippen molar-refractivity contribution in [3.63, 3.8) is 0 Å². The van der Waals surface area contributed by atoms with Gasteiger partial charge in [0, 0.05) is 19.0 Å². The summed E-state index contributed by atoms with van der Waals surface area (Å²) in [6, 6.07) is 7.55. The fourth-order valence-corrected chi connectivity index (χ4v) is 3.98. The van der Waals surface area contributed by atoms with Crippen molar-refractivity contribution in [2.75, 3.05) is 6.54 Å². The zero-order valence-corrected chi connectivity index (χ0v) is 13.6. The number of hydrogen-bond acceptors (Lipinski definition) is 2. The van der Waals surface area contributed by atoms with Crippen molar-refractivity contribution in [2.24, 2.45) is 16.7 Å². The standard InChI is InChI=1S/C18H23NO3/c1-17(2)14(18(17,3)4)15(20)19-9-11-7-5-6-8-12(11)13(10-19)16(21)22/h5-8,13-14H,9-10H2,1-4H3,(H,21,22). The molecule has 1 atom stereocenters. The number of hydrogen-bond donors (Lipinski definition) is 1. The molecule has 0 spiro atoms. The van der Waals surface area contributed by atoms with Crippen LogP contribution in [0.15, 0.2) is 24.3 Å². The molecule has 1 aromatic rings. The van der Waals surface area contributed by atoms with Crippen LogP contribution in [-0.2, 0) is 16.1 Å². The van der Waals surface area contributed by atoms with E-state index in [2.05, 4.69) is 27.7 Å². The van der Waals surface area contributed by atoms with Gasteiger partial charge in [-0.05, 0) is 22.0 Å². The first-order chi connectivity index (χ1) is 10.2. The van der Waals surface area contributed by atoms with Gasteiger partial charge in [-0.15, -0.1) is 0 Å². The maximum Gasteiger partial charge on any atom is 0.312 e. The Labute approximate surface area is 131 Å². The van der Waals surface area contributed by atoms with Crippen molar-refractivity contribution in [3.05, 3.63) is 35.4 Å². The van der Waals surface area contributed by atoms with Gasteiger partial charge in [-0.2, -0.15) is 0 Å². The average molecular weight is 301 g/mol. The van der Waals surface area contributed by atoms with Crippen LogP contribution in [0.1, 0.15) is 44.7 Å². The van der Waals surface area contributed by atoms with Crippen LogP contribution in [-0.4, -0.2) is 28.4 Å². The Kier molecular flexibility index (Phi) is 3.13. The van der Waals surface area contributed by atoms with Crippen molar-refractivity contribution in [1.29, 1.82) is 0 Å². The van der Waals surface area contributed by atoms with Gasteiger partial charge < -0.3 is 10.0 Å². The summed E-state index contributed by atoms with van der Waals surface area (Å²) in [5.41, 5.74) is 1.73. The molecule has 0 radical (unpaired) electrons. The van der Waals surface area contributed by atoms with E-state index in [1.54, 1.807) is 4.90 Å². The van der Waals surface area contributed by atoms with E-state index in [0.717, 1.165) is 11.1 Å². The minimum absolute atomic E-state index is 0.0280. The molecule has 1 amide bonds. The van der Waals surface area contributed by atoms with Crippen molar-refractivity contribution in [2.45, 2.75) is 40.2 Å². The molecule has 1 aliphatic carbocycles. The highest BCUT2D eigenvalue weighted by molar-refractivity contribution is 5.86. The normalized spacial score (nSPS) is 25.5. The van der Waals surface area contributed by atoms with Crippen molar-refractivity contribution >= 4 is 11.9 Å². The van der Waals surface area contributed by atoms with Crippen LogP contribution in [0.25, 0.3) is 0 Å². The molecule has 1 aromatic carbocycles. The monoisotopic (exact) mass is 301 g/mol. The summed E-state index contributed by atoms with van der Waals surface area (Å²) in [5, 5.41) is 9.51. The van der Waals surface area contributed by atoms with Crippen LogP contribution in [0, 0.1) is 16.7 Å². The molecule has 4 heteroatoms. The Morgan fingerprint density at radius 2 is 1.73 bits per heavy atom. The number of carbonyl (C=O) groups excluding carboxylic acids is 1. The van der Waals surface area contributed by atoms with Gasteiger partial charge in [0.05, 0.1) is 5.92 Å². The highest BCUT2D eigenvalue weighted by Gasteiger charge is 2.69. The number of fused-ring (bicyclic) bond motifs is 1. The maximum absolute atomic E-state index is 12.9. The number of benzene rings is 1. The van der Waals surface area contributed by atoms with Crippen molar-refractivity contribution < 1.29 is 14.7 Å². The largest absolute Gasteiger partial charge is 0.481 e. The zero-order chi connectivity index (χ0) is 16.3. The second-order valence-corrected chi connectivity index (χ2v) is 7.68. The van der Waals surface area contributed by atoms with Crippen LogP contribution >= 0.6 is 0 Å². The molecule has 1 fully saturated rings. The van der Waals surface area contributed by atoms with Gasteiger partial charge in [0.25, 0.3) is 0 Å². The van der Waals surface area contributed by atoms with Gasteiger partial charge in [0.1, 0.15) is 0 Å². The van der Waals surface area contributed by atoms with Crippen LogP contribution in [0.2, 0.25) is 0 Å². The molecule has 1 aliphatic heterocycles. The fraction of sp³-hybridized carbons (Fsp3) is 0.556. The summed E-state index contributed by atoms with van der Waals surface area (Å²) in [7, 11) is 0. The molecular formula is C18H23NO3. The van der Waals surface area contributed by atoms with Crippen molar-refractivity contribution in [3.8, 4) is 0 Å².